The predicted octanol–water partition coefficient (Wildman–Crippen LogP) is 5.05. The first-order valence-electron chi connectivity index (χ1n) is 12.2. The van der Waals surface area contributed by atoms with Crippen LogP contribution in [0.1, 0.15) is 55.6 Å². The second kappa shape index (κ2) is 10.9. The van der Waals surface area contributed by atoms with Gasteiger partial charge >= 0.3 is 6.09 Å². The topological polar surface area (TPSA) is 71.1 Å². The van der Waals surface area contributed by atoms with Gasteiger partial charge in [-0.15, -0.1) is 0 Å². The van der Waals surface area contributed by atoms with E-state index in [-0.39, 0.29) is 18.1 Å². The van der Waals surface area contributed by atoms with Crippen molar-refractivity contribution in [1.29, 1.82) is 0 Å². The zero-order valence-corrected chi connectivity index (χ0v) is 21.4. The molecule has 8 heteroatoms. The number of piperidine rings is 1. The highest BCUT2D eigenvalue weighted by atomic mass is 35.5. The molecule has 2 amide bonds. The van der Waals surface area contributed by atoms with Crippen LogP contribution in [0.25, 0.3) is 0 Å². The van der Waals surface area contributed by atoms with Crippen molar-refractivity contribution in [2.24, 2.45) is 0 Å². The first kappa shape index (κ1) is 25.3. The normalized spacial score (nSPS) is 20.9. The molecule has 0 spiro atoms. The first-order valence-corrected chi connectivity index (χ1v) is 12.6. The molecule has 35 heavy (non-hydrogen) atoms. The van der Waals surface area contributed by atoms with Gasteiger partial charge in [-0.3, -0.25) is 4.79 Å². The van der Waals surface area contributed by atoms with E-state index in [1.54, 1.807) is 6.07 Å². The average molecular weight is 500 g/mol. The van der Waals surface area contributed by atoms with Gasteiger partial charge in [0.2, 0.25) is 0 Å². The summed E-state index contributed by atoms with van der Waals surface area (Å²) in [5, 5.41) is 3.40. The van der Waals surface area contributed by atoms with Gasteiger partial charge < -0.3 is 24.6 Å². The number of hydrogen-bond donors (Lipinski definition) is 1. The Morgan fingerprint density at radius 2 is 1.86 bits per heavy atom. The molecule has 0 bridgehead atoms. The van der Waals surface area contributed by atoms with Crippen molar-refractivity contribution in [3.05, 3.63) is 64.7 Å². The zero-order chi connectivity index (χ0) is 25.0. The quantitative estimate of drug-likeness (QED) is 0.637. The molecule has 0 saturated carbocycles. The standard InChI is InChI=1S/C27H34ClN3O4/c1-27(2,3)35-26(33)29-20-10-7-13-30(17-20)21-11-12-22(23(28)16-21)25(32)31-14-15-34-24(18-31)19-8-5-4-6-9-19/h4-6,8-9,11-12,16,20,24H,7,10,13-15,17-18H2,1-3H3,(H,29,33). The number of ether oxygens (including phenoxy) is 2. The van der Waals surface area contributed by atoms with Gasteiger partial charge in [-0.1, -0.05) is 41.9 Å². The van der Waals surface area contributed by atoms with E-state index in [0.29, 0.717) is 36.8 Å². The van der Waals surface area contributed by atoms with Gasteiger partial charge in [-0.05, 0) is 57.4 Å². The Morgan fingerprint density at radius 3 is 2.57 bits per heavy atom. The molecule has 2 fully saturated rings. The van der Waals surface area contributed by atoms with Crippen LogP contribution >= 0.6 is 11.6 Å². The van der Waals surface area contributed by atoms with E-state index in [4.69, 9.17) is 21.1 Å². The maximum atomic E-state index is 13.3. The number of alkyl carbamates (subject to hydrolysis) is 1. The minimum absolute atomic E-state index is 0.0121. The molecule has 2 aromatic carbocycles. The Bertz CT molecular complexity index is 1040. The number of carbonyl (C=O) groups excluding carboxylic acids is 2. The van der Waals surface area contributed by atoms with E-state index >= 15 is 0 Å². The highest BCUT2D eigenvalue weighted by Gasteiger charge is 2.28. The van der Waals surface area contributed by atoms with Gasteiger partial charge in [0.05, 0.1) is 23.7 Å². The van der Waals surface area contributed by atoms with E-state index in [9.17, 15) is 9.59 Å². The number of nitrogens with zero attached hydrogens (tertiary/aromatic N) is 2. The molecule has 188 valence electrons. The summed E-state index contributed by atoms with van der Waals surface area (Å²) in [6.07, 6.45) is 1.28. The minimum Gasteiger partial charge on any atom is -0.444 e. The number of nitrogens with one attached hydrogen (secondary N) is 1. The summed E-state index contributed by atoms with van der Waals surface area (Å²) in [7, 11) is 0. The van der Waals surface area contributed by atoms with Gasteiger partial charge in [0.15, 0.2) is 0 Å². The van der Waals surface area contributed by atoms with E-state index in [1.807, 2.05) is 68.1 Å². The molecule has 2 aliphatic rings. The van der Waals surface area contributed by atoms with E-state index in [2.05, 4.69) is 10.2 Å². The number of anilines is 1. The minimum atomic E-state index is -0.532. The highest BCUT2D eigenvalue weighted by Crippen LogP contribution is 2.29. The van der Waals surface area contributed by atoms with Gasteiger partial charge in [0.25, 0.3) is 5.91 Å². The molecule has 0 aromatic heterocycles. The fraction of sp³-hybridized carbons (Fsp3) is 0.481. The maximum Gasteiger partial charge on any atom is 0.407 e. The number of amides is 2. The van der Waals surface area contributed by atoms with Crippen molar-refractivity contribution in [2.45, 2.75) is 51.4 Å². The van der Waals surface area contributed by atoms with Crippen LogP contribution in [0.4, 0.5) is 10.5 Å². The van der Waals surface area contributed by atoms with Crippen LogP contribution in [-0.4, -0.2) is 61.3 Å². The third kappa shape index (κ3) is 6.67. The lowest BCUT2D eigenvalue weighted by atomic mass is 10.0. The smallest absolute Gasteiger partial charge is 0.407 e. The summed E-state index contributed by atoms with van der Waals surface area (Å²) in [5.41, 5.74) is 1.96. The number of rotatable bonds is 4. The van der Waals surface area contributed by atoms with E-state index < -0.39 is 11.7 Å². The van der Waals surface area contributed by atoms with Gasteiger partial charge in [0.1, 0.15) is 11.7 Å². The van der Waals surface area contributed by atoms with Gasteiger partial charge in [0, 0.05) is 31.4 Å². The second-order valence-electron chi connectivity index (χ2n) is 10.1. The molecule has 2 unspecified atom stereocenters. The molecular formula is C27H34ClN3O4. The molecule has 0 radical (unpaired) electrons. The largest absolute Gasteiger partial charge is 0.444 e. The van der Waals surface area contributed by atoms with Crippen molar-refractivity contribution in [1.82, 2.24) is 10.2 Å². The Hall–Kier alpha value is -2.77. The number of hydrogen-bond acceptors (Lipinski definition) is 5. The van der Waals surface area contributed by atoms with Gasteiger partial charge in [-0.25, -0.2) is 4.79 Å². The fourth-order valence-corrected chi connectivity index (χ4v) is 4.81. The fourth-order valence-electron chi connectivity index (χ4n) is 4.55. The van der Waals surface area contributed by atoms with Gasteiger partial charge in [-0.2, -0.15) is 0 Å². The second-order valence-corrected chi connectivity index (χ2v) is 10.5. The van der Waals surface area contributed by atoms with Crippen molar-refractivity contribution >= 4 is 29.3 Å². The van der Waals surface area contributed by atoms with Crippen LogP contribution in [0, 0.1) is 0 Å². The van der Waals surface area contributed by atoms with Crippen molar-refractivity contribution in [2.75, 3.05) is 37.7 Å². The van der Waals surface area contributed by atoms with Crippen LogP contribution in [-0.2, 0) is 9.47 Å². The van der Waals surface area contributed by atoms with Crippen molar-refractivity contribution in [3.63, 3.8) is 0 Å². The third-order valence-corrected chi connectivity index (χ3v) is 6.53. The molecule has 2 atom stereocenters. The molecule has 2 aromatic rings. The number of morpholine rings is 1. The summed E-state index contributed by atoms with van der Waals surface area (Å²) in [5.74, 6) is -0.0890. The molecule has 7 nitrogen and oxygen atoms in total. The van der Waals surface area contributed by atoms with Crippen LogP contribution in [0.3, 0.4) is 0 Å². The number of halogens is 1. The molecule has 1 N–H and O–H groups in total. The Morgan fingerprint density at radius 1 is 1.09 bits per heavy atom. The summed E-state index contributed by atoms with van der Waals surface area (Å²) in [4.78, 5) is 29.5. The predicted molar refractivity (Wildman–Crippen MR) is 137 cm³/mol. The zero-order valence-electron chi connectivity index (χ0n) is 20.6. The van der Waals surface area contributed by atoms with E-state index in [1.165, 1.54) is 0 Å². The number of benzene rings is 2. The van der Waals surface area contributed by atoms with Crippen molar-refractivity contribution < 1.29 is 19.1 Å². The Kier molecular flexibility index (Phi) is 7.87. The Labute approximate surface area is 212 Å². The van der Waals surface area contributed by atoms with Crippen LogP contribution in [0.2, 0.25) is 5.02 Å². The van der Waals surface area contributed by atoms with E-state index in [0.717, 1.165) is 30.6 Å². The summed E-state index contributed by atoms with van der Waals surface area (Å²) >= 11 is 6.61. The molecule has 4 rings (SSSR count). The first-order chi connectivity index (χ1) is 16.7. The molecule has 2 heterocycles. The van der Waals surface area contributed by atoms with Crippen LogP contribution in [0.5, 0.6) is 0 Å². The lowest BCUT2D eigenvalue weighted by Crippen LogP contribution is -2.49. The summed E-state index contributed by atoms with van der Waals surface area (Å²) in [6, 6.07) is 15.5. The highest BCUT2D eigenvalue weighted by molar-refractivity contribution is 6.34. The Balaban J connectivity index is 1.40. The monoisotopic (exact) mass is 499 g/mol. The molecule has 2 aliphatic heterocycles. The molecular weight excluding hydrogens is 466 g/mol. The maximum absolute atomic E-state index is 13.3. The summed E-state index contributed by atoms with van der Waals surface area (Å²) in [6.45, 7) is 8.58. The third-order valence-electron chi connectivity index (χ3n) is 6.22. The van der Waals surface area contributed by atoms with Crippen LogP contribution in [0.15, 0.2) is 48.5 Å². The lowest BCUT2D eigenvalue weighted by Gasteiger charge is -2.35. The molecule has 2 saturated heterocycles. The summed E-state index contributed by atoms with van der Waals surface area (Å²) < 4.78 is 11.3. The van der Waals surface area contributed by atoms with Crippen molar-refractivity contribution in [3.8, 4) is 0 Å². The average Bonchev–Trinajstić information content (AvgIpc) is 2.83. The molecule has 0 aliphatic carbocycles. The number of carbonyl (C=O) groups is 2. The lowest BCUT2D eigenvalue weighted by molar-refractivity contribution is -0.0228. The SMILES string of the molecule is CC(C)(C)OC(=O)NC1CCCN(c2ccc(C(=O)N3CCOC(c4ccccc4)C3)c(Cl)c2)C1. The van der Waals surface area contributed by atoms with Crippen LogP contribution < -0.4 is 10.2 Å².